The van der Waals surface area contributed by atoms with Crippen LogP contribution in [-0.2, 0) is 16.5 Å². The molecule has 17 heavy (non-hydrogen) atoms. The molecule has 0 aromatic heterocycles. The third kappa shape index (κ3) is 5.81. The fourth-order valence-electron chi connectivity index (χ4n) is 1.58. The van der Waals surface area contributed by atoms with Gasteiger partial charge in [0.15, 0.2) is 0 Å². The van der Waals surface area contributed by atoms with Gasteiger partial charge in [-0.2, -0.15) is 8.42 Å². The van der Waals surface area contributed by atoms with Gasteiger partial charge < -0.3 is 5.48 Å². The highest BCUT2D eigenvalue weighted by Crippen LogP contribution is 2.12. The minimum absolute atomic E-state index is 0. The lowest BCUT2D eigenvalue weighted by Crippen LogP contribution is -1.97. The zero-order chi connectivity index (χ0) is 12.0. The summed E-state index contributed by atoms with van der Waals surface area (Å²) in [5.41, 5.74) is 1.11. The number of benzene rings is 1. The first-order valence-corrected chi connectivity index (χ1v) is 7.04. The maximum atomic E-state index is 10.8. The molecular weight excluding hydrogens is 240 g/mol. The Morgan fingerprint density at radius 2 is 1.65 bits per heavy atom. The van der Waals surface area contributed by atoms with Crippen LogP contribution < -0.4 is 0 Å². The molecule has 98 valence electrons. The molecule has 0 saturated carbocycles. The van der Waals surface area contributed by atoms with Crippen LogP contribution in [-0.4, -0.2) is 18.4 Å². The summed E-state index contributed by atoms with van der Waals surface area (Å²) >= 11 is 0. The normalized spacial score (nSPS) is 10.9. The lowest BCUT2D eigenvalue weighted by Gasteiger charge is -2.02. The molecule has 0 unspecified atom stereocenters. The van der Waals surface area contributed by atoms with Crippen molar-refractivity contribution >= 4 is 10.1 Å². The van der Waals surface area contributed by atoms with Gasteiger partial charge in [0.2, 0.25) is 0 Å². The van der Waals surface area contributed by atoms with Gasteiger partial charge >= 0.3 is 0 Å². The van der Waals surface area contributed by atoms with Crippen molar-refractivity contribution in [2.24, 2.45) is 0 Å². The predicted molar refractivity (Wildman–Crippen MR) is 67.7 cm³/mol. The van der Waals surface area contributed by atoms with E-state index in [1.807, 2.05) is 0 Å². The SMILES string of the molecule is CCCCCCc1ccc(S(=O)(=O)O)cc1.O. The van der Waals surface area contributed by atoms with Crippen LogP contribution in [0.4, 0.5) is 0 Å². The molecule has 0 spiro atoms. The van der Waals surface area contributed by atoms with Crippen LogP contribution in [0.25, 0.3) is 0 Å². The van der Waals surface area contributed by atoms with E-state index in [4.69, 9.17) is 4.55 Å². The highest BCUT2D eigenvalue weighted by molar-refractivity contribution is 7.85. The second kappa shape index (κ2) is 7.42. The Morgan fingerprint density at radius 3 is 2.12 bits per heavy atom. The summed E-state index contributed by atoms with van der Waals surface area (Å²) in [6.07, 6.45) is 5.74. The summed E-state index contributed by atoms with van der Waals surface area (Å²) in [5.74, 6) is 0. The second-order valence-corrected chi connectivity index (χ2v) is 5.35. The first kappa shape index (κ1) is 16.1. The molecule has 0 fully saturated rings. The molecule has 5 heteroatoms. The maximum Gasteiger partial charge on any atom is 0.294 e. The van der Waals surface area contributed by atoms with Crippen LogP contribution in [0.3, 0.4) is 0 Å². The van der Waals surface area contributed by atoms with Gasteiger partial charge in [-0.05, 0) is 30.5 Å². The number of hydrogen-bond acceptors (Lipinski definition) is 2. The van der Waals surface area contributed by atoms with Crippen molar-refractivity contribution in [3.63, 3.8) is 0 Å². The molecule has 1 aromatic carbocycles. The molecule has 0 aliphatic carbocycles. The Hall–Kier alpha value is -0.910. The molecular formula is C12H20O4S. The smallest absolute Gasteiger partial charge is 0.294 e. The quantitative estimate of drug-likeness (QED) is 0.628. The molecule has 4 nitrogen and oxygen atoms in total. The molecule has 1 aromatic rings. The van der Waals surface area contributed by atoms with Crippen molar-refractivity contribution < 1.29 is 18.4 Å². The summed E-state index contributed by atoms with van der Waals surface area (Å²) in [5, 5.41) is 0. The van der Waals surface area contributed by atoms with Gasteiger partial charge in [-0.1, -0.05) is 38.3 Å². The van der Waals surface area contributed by atoms with Crippen molar-refractivity contribution in [3.05, 3.63) is 29.8 Å². The van der Waals surface area contributed by atoms with Crippen molar-refractivity contribution in [3.8, 4) is 0 Å². The molecule has 1 rings (SSSR count). The summed E-state index contributed by atoms with van der Waals surface area (Å²) in [6, 6.07) is 6.42. The summed E-state index contributed by atoms with van der Waals surface area (Å²) < 4.78 is 30.4. The van der Waals surface area contributed by atoms with Gasteiger partial charge in [-0.3, -0.25) is 4.55 Å². The Balaban J connectivity index is 0.00000256. The van der Waals surface area contributed by atoms with E-state index in [2.05, 4.69) is 6.92 Å². The van der Waals surface area contributed by atoms with Crippen molar-refractivity contribution in [1.82, 2.24) is 0 Å². The van der Waals surface area contributed by atoms with Gasteiger partial charge in [0, 0.05) is 0 Å². The zero-order valence-corrected chi connectivity index (χ0v) is 10.8. The third-order valence-electron chi connectivity index (χ3n) is 2.54. The van der Waals surface area contributed by atoms with Gasteiger partial charge in [0.1, 0.15) is 0 Å². The Morgan fingerprint density at radius 1 is 1.06 bits per heavy atom. The van der Waals surface area contributed by atoms with Crippen LogP contribution in [0, 0.1) is 0 Å². The first-order valence-electron chi connectivity index (χ1n) is 5.60. The van der Waals surface area contributed by atoms with E-state index in [0.29, 0.717) is 0 Å². The zero-order valence-electron chi connectivity index (χ0n) is 10.0. The van der Waals surface area contributed by atoms with Crippen LogP contribution in [0.1, 0.15) is 38.2 Å². The maximum absolute atomic E-state index is 10.8. The Kier molecular flexibility index (Phi) is 7.03. The highest BCUT2D eigenvalue weighted by atomic mass is 32.2. The average Bonchev–Trinajstić information content (AvgIpc) is 2.24. The van der Waals surface area contributed by atoms with E-state index in [-0.39, 0.29) is 10.4 Å². The van der Waals surface area contributed by atoms with Gasteiger partial charge in [-0.25, -0.2) is 0 Å². The van der Waals surface area contributed by atoms with Gasteiger partial charge in [-0.15, -0.1) is 0 Å². The summed E-state index contributed by atoms with van der Waals surface area (Å²) in [7, 11) is -4.05. The van der Waals surface area contributed by atoms with E-state index in [9.17, 15) is 8.42 Å². The molecule has 0 heterocycles. The van der Waals surface area contributed by atoms with Crippen molar-refractivity contribution in [1.29, 1.82) is 0 Å². The average molecular weight is 260 g/mol. The van der Waals surface area contributed by atoms with Crippen LogP contribution in [0.2, 0.25) is 0 Å². The molecule has 0 aliphatic heterocycles. The van der Waals surface area contributed by atoms with E-state index < -0.39 is 10.1 Å². The second-order valence-electron chi connectivity index (χ2n) is 3.93. The van der Waals surface area contributed by atoms with Crippen LogP contribution in [0.5, 0.6) is 0 Å². The topological polar surface area (TPSA) is 85.9 Å². The van der Waals surface area contributed by atoms with E-state index in [1.54, 1.807) is 12.1 Å². The minimum Gasteiger partial charge on any atom is -0.412 e. The van der Waals surface area contributed by atoms with E-state index >= 15 is 0 Å². The number of hydrogen-bond donors (Lipinski definition) is 1. The number of rotatable bonds is 6. The molecule has 0 atom stereocenters. The minimum atomic E-state index is -4.05. The van der Waals surface area contributed by atoms with Crippen LogP contribution in [0.15, 0.2) is 29.2 Å². The van der Waals surface area contributed by atoms with Crippen molar-refractivity contribution in [2.45, 2.75) is 43.9 Å². The summed E-state index contributed by atoms with van der Waals surface area (Å²) in [4.78, 5) is -0.0372. The molecule has 0 bridgehead atoms. The fraction of sp³-hybridized carbons (Fsp3) is 0.500. The predicted octanol–water partition coefficient (Wildman–Crippen LogP) is 2.23. The monoisotopic (exact) mass is 260 g/mol. The fourth-order valence-corrected chi connectivity index (χ4v) is 2.06. The van der Waals surface area contributed by atoms with E-state index in [1.165, 1.54) is 31.4 Å². The molecule has 0 amide bonds. The van der Waals surface area contributed by atoms with Crippen molar-refractivity contribution in [2.75, 3.05) is 0 Å². The molecule has 0 saturated heterocycles. The van der Waals surface area contributed by atoms with Gasteiger partial charge in [0.05, 0.1) is 4.90 Å². The summed E-state index contributed by atoms with van der Waals surface area (Å²) in [6.45, 7) is 2.17. The molecule has 0 aliphatic rings. The number of unbranched alkanes of at least 4 members (excludes halogenated alkanes) is 3. The lowest BCUT2D eigenvalue weighted by atomic mass is 10.1. The third-order valence-corrected chi connectivity index (χ3v) is 3.41. The first-order chi connectivity index (χ1) is 7.54. The molecule has 0 radical (unpaired) electrons. The Labute approximate surface area is 103 Å². The Bertz CT molecular complexity index is 409. The lowest BCUT2D eigenvalue weighted by molar-refractivity contribution is 0.483. The number of aryl methyl sites for hydroxylation is 1. The standard InChI is InChI=1S/C12H18O3S.H2O/c1-2-3-4-5-6-11-7-9-12(10-8-11)16(13,14)15;/h7-10H,2-6H2,1H3,(H,13,14,15);1H2. The highest BCUT2D eigenvalue weighted by Gasteiger charge is 2.07. The largest absolute Gasteiger partial charge is 0.412 e. The molecule has 3 N–H and O–H groups in total. The van der Waals surface area contributed by atoms with Crippen LogP contribution >= 0.6 is 0 Å². The van der Waals surface area contributed by atoms with Gasteiger partial charge in [0.25, 0.3) is 10.1 Å². The van der Waals surface area contributed by atoms with E-state index in [0.717, 1.165) is 18.4 Å².